The van der Waals surface area contributed by atoms with Crippen LogP contribution < -0.4 is 5.32 Å². The van der Waals surface area contributed by atoms with Gasteiger partial charge in [-0.2, -0.15) is 0 Å². The fourth-order valence-electron chi connectivity index (χ4n) is 1.46. The molecule has 19 heavy (non-hydrogen) atoms. The Morgan fingerprint density at radius 1 is 1.26 bits per heavy atom. The number of carbonyl (C=O) groups is 3. The molecule has 0 aliphatic rings. The smallest absolute Gasteiger partial charge is 0.323 e. The zero-order valence-electron chi connectivity index (χ0n) is 11.5. The maximum atomic E-state index is 11.7. The molecule has 0 bridgehead atoms. The lowest BCUT2D eigenvalue weighted by atomic mass is 10.3. The SMILES string of the molecule is CCCN(CC(=O)O)C(=O)NCCCC(=O)OCC. The van der Waals surface area contributed by atoms with Gasteiger partial charge in [-0.15, -0.1) is 0 Å². The van der Waals surface area contributed by atoms with Gasteiger partial charge in [-0.05, 0) is 19.8 Å². The van der Waals surface area contributed by atoms with Crippen LogP contribution in [-0.4, -0.2) is 54.2 Å². The molecule has 0 aromatic carbocycles. The van der Waals surface area contributed by atoms with Crippen LogP contribution in [0.15, 0.2) is 0 Å². The minimum absolute atomic E-state index is 0.237. The van der Waals surface area contributed by atoms with E-state index in [1.807, 2.05) is 6.92 Å². The molecule has 0 spiro atoms. The number of hydrogen-bond donors (Lipinski definition) is 2. The first-order chi connectivity index (χ1) is 9.01. The van der Waals surface area contributed by atoms with Crippen molar-refractivity contribution in [2.75, 3.05) is 26.2 Å². The molecule has 0 saturated carbocycles. The van der Waals surface area contributed by atoms with Gasteiger partial charge in [0.2, 0.25) is 0 Å². The van der Waals surface area contributed by atoms with Crippen molar-refractivity contribution in [3.63, 3.8) is 0 Å². The van der Waals surface area contributed by atoms with Crippen molar-refractivity contribution >= 4 is 18.0 Å². The molecule has 7 nitrogen and oxygen atoms in total. The molecular formula is C12H22N2O5. The van der Waals surface area contributed by atoms with Crippen molar-refractivity contribution in [1.82, 2.24) is 10.2 Å². The third-order valence-electron chi connectivity index (χ3n) is 2.25. The predicted molar refractivity (Wildman–Crippen MR) is 68.8 cm³/mol. The van der Waals surface area contributed by atoms with Gasteiger partial charge in [-0.25, -0.2) is 4.79 Å². The second-order valence-corrected chi connectivity index (χ2v) is 3.96. The van der Waals surface area contributed by atoms with Crippen LogP contribution in [0.1, 0.15) is 33.1 Å². The topological polar surface area (TPSA) is 95.9 Å². The lowest BCUT2D eigenvalue weighted by Crippen LogP contribution is -2.43. The molecule has 0 heterocycles. The average molecular weight is 274 g/mol. The number of nitrogens with one attached hydrogen (secondary N) is 1. The summed E-state index contributed by atoms with van der Waals surface area (Å²) in [5, 5.41) is 11.3. The van der Waals surface area contributed by atoms with Crippen LogP contribution in [0.3, 0.4) is 0 Å². The van der Waals surface area contributed by atoms with E-state index in [0.717, 1.165) is 0 Å². The zero-order chi connectivity index (χ0) is 14.7. The van der Waals surface area contributed by atoms with Gasteiger partial charge in [0.05, 0.1) is 6.61 Å². The van der Waals surface area contributed by atoms with E-state index < -0.39 is 12.0 Å². The summed E-state index contributed by atoms with van der Waals surface area (Å²) in [6, 6.07) is -0.423. The van der Waals surface area contributed by atoms with Crippen LogP contribution >= 0.6 is 0 Å². The van der Waals surface area contributed by atoms with E-state index >= 15 is 0 Å². The molecule has 0 fully saturated rings. The van der Waals surface area contributed by atoms with Crippen LogP contribution in [0, 0.1) is 0 Å². The second-order valence-electron chi connectivity index (χ2n) is 3.96. The van der Waals surface area contributed by atoms with Crippen LogP contribution in [0.2, 0.25) is 0 Å². The van der Waals surface area contributed by atoms with E-state index in [-0.39, 0.29) is 18.9 Å². The molecule has 0 radical (unpaired) electrons. The van der Waals surface area contributed by atoms with Crippen molar-refractivity contribution in [1.29, 1.82) is 0 Å². The number of rotatable bonds is 9. The molecule has 7 heteroatoms. The second kappa shape index (κ2) is 10.2. The fourth-order valence-corrected chi connectivity index (χ4v) is 1.46. The third kappa shape index (κ3) is 8.87. The standard InChI is InChI=1S/C12H22N2O5/c1-3-8-14(9-10(15)16)12(18)13-7-5-6-11(17)19-4-2/h3-9H2,1-2H3,(H,13,18)(H,15,16). The molecule has 2 N–H and O–H groups in total. The Hall–Kier alpha value is -1.79. The minimum atomic E-state index is -1.05. The molecule has 0 aromatic rings. The van der Waals surface area contributed by atoms with E-state index in [1.165, 1.54) is 4.90 Å². The molecule has 0 aliphatic carbocycles. The highest BCUT2D eigenvalue weighted by Gasteiger charge is 2.15. The summed E-state index contributed by atoms with van der Waals surface area (Å²) in [6.07, 6.45) is 1.39. The van der Waals surface area contributed by atoms with Crippen molar-refractivity contribution in [3.8, 4) is 0 Å². The van der Waals surface area contributed by atoms with Crippen LogP contribution in [0.25, 0.3) is 0 Å². The first kappa shape index (κ1) is 17.2. The van der Waals surface area contributed by atoms with Crippen molar-refractivity contribution in [2.24, 2.45) is 0 Å². The first-order valence-electron chi connectivity index (χ1n) is 6.41. The summed E-state index contributed by atoms with van der Waals surface area (Å²) < 4.78 is 4.75. The number of aliphatic carboxylic acids is 1. The van der Waals surface area contributed by atoms with E-state index in [9.17, 15) is 14.4 Å². The van der Waals surface area contributed by atoms with E-state index in [1.54, 1.807) is 6.92 Å². The summed E-state index contributed by atoms with van der Waals surface area (Å²) in [5.74, 6) is -1.34. The summed E-state index contributed by atoms with van der Waals surface area (Å²) in [7, 11) is 0. The van der Waals surface area contributed by atoms with Gasteiger partial charge in [0.15, 0.2) is 0 Å². The number of esters is 1. The quantitative estimate of drug-likeness (QED) is 0.479. The predicted octanol–water partition coefficient (Wildman–Crippen LogP) is 0.836. The van der Waals surface area contributed by atoms with Crippen molar-refractivity contribution in [3.05, 3.63) is 0 Å². The Labute approximate surface area is 112 Å². The van der Waals surface area contributed by atoms with E-state index in [4.69, 9.17) is 9.84 Å². The molecular weight excluding hydrogens is 252 g/mol. The number of carboxylic acid groups (broad SMARTS) is 1. The lowest BCUT2D eigenvalue weighted by Gasteiger charge is -2.20. The number of amides is 2. The summed E-state index contributed by atoms with van der Waals surface area (Å²) in [6.45, 7) is 4.32. The van der Waals surface area contributed by atoms with Crippen LogP contribution in [0.5, 0.6) is 0 Å². The fraction of sp³-hybridized carbons (Fsp3) is 0.750. The summed E-state index contributed by atoms with van der Waals surface area (Å²) in [5.41, 5.74) is 0. The highest BCUT2D eigenvalue weighted by molar-refractivity contribution is 5.80. The molecule has 0 atom stereocenters. The molecule has 0 saturated heterocycles. The van der Waals surface area contributed by atoms with Crippen LogP contribution in [0.4, 0.5) is 4.79 Å². The lowest BCUT2D eigenvalue weighted by molar-refractivity contribution is -0.143. The monoisotopic (exact) mass is 274 g/mol. The molecule has 0 rings (SSSR count). The van der Waals surface area contributed by atoms with Gasteiger partial charge in [0.1, 0.15) is 6.54 Å². The normalized spacial score (nSPS) is 9.79. The highest BCUT2D eigenvalue weighted by atomic mass is 16.5. The van der Waals surface area contributed by atoms with E-state index in [0.29, 0.717) is 32.5 Å². The Bertz CT molecular complexity index is 306. The maximum absolute atomic E-state index is 11.7. The zero-order valence-corrected chi connectivity index (χ0v) is 11.5. The maximum Gasteiger partial charge on any atom is 0.323 e. The van der Waals surface area contributed by atoms with Crippen molar-refractivity contribution < 1.29 is 24.2 Å². The minimum Gasteiger partial charge on any atom is -0.480 e. The number of carbonyl (C=O) groups excluding carboxylic acids is 2. The Morgan fingerprint density at radius 2 is 1.95 bits per heavy atom. The number of urea groups is 1. The number of hydrogen-bond acceptors (Lipinski definition) is 4. The van der Waals surface area contributed by atoms with Gasteiger partial charge in [-0.3, -0.25) is 9.59 Å². The molecule has 0 aliphatic heterocycles. The van der Waals surface area contributed by atoms with Gasteiger partial charge >= 0.3 is 18.0 Å². The molecule has 0 unspecified atom stereocenters. The van der Waals surface area contributed by atoms with E-state index in [2.05, 4.69) is 5.32 Å². The summed E-state index contributed by atoms with van der Waals surface area (Å²) >= 11 is 0. The van der Waals surface area contributed by atoms with Gasteiger partial charge in [-0.1, -0.05) is 6.92 Å². The van der Waals surface area contributed by atoms with Crippen molar-refractivity contribution in [2.45, 2.75) is 33.1 Å². The Balaban J connectivity index is 3.92. The average Bonchev–Trinajstić information content (AvgIpc) is 2.33. The number of ether oxygens (including phenoxy) is 1. The highest BCUT2D eigenvalue weighted by Crippen LogP contribution is 1.95. The Morgan fingerprint density at radius 3 is 2.47 bits per heavy atom. The van der Waals surface area contributed by atoms with Gasteiger partial charge < -0.3 is 20.1 Å². The van der Waals surface area contributed by atoms with Gasteiger partial charge in [0.25, 0.3) is 0 Å². The first-order valence-corrected chi connectivity index (χ1v) is 6.41. The molecule has 110 valence electrons. The number of nitrogens with zero attached hydrogens (tertiary/aromatic N) is 1. The molecule has 2 amide bonds. The summed E-state index contributed by atoms with van der Waals surface area (Å²) in [4.78, 5) is 34.5. The largest absolute Gasteiger partial charge is 0.480 e. The van der Waals surface area contributed by atoms with Crippen LogP contribution in [-0.2, 0) is 14.3 Å². The molecule has 0 aromatic heterocycles. The van der Waals surface area contributed by atoms with Gasteiger partial charge in [0, 0.05) is 19.5 Å². The third-order valence-corrected chi connectivity index (χ3v) is 2.25. The Kier molecular flexibility index (Phi) is 9.20. The number of carboxylic acids is 1.